The van der Waals surface area contributed by atoms with E-state index in [-0.39, 0.29) is 0 Å². The van der Waals surface area contributed by atoms with E-state index in [9.17, 15) is 0 Å². The van der Waals surface area contributed by atoms with Crippen LogP contribution in [0.25, 0.3) is 0 Å². The highest BCUT2D eigenvalue weighted by molar-refractivity contribution is 4.99. The van der Waals surface area contributed by atoms with Crippen LogP contribution in [0.4, 0.5) is 0 Å². The lowest BCUT2D eigenvalue weighted by atomic mass is 9.49. The van der Waals surface area contributed by atoms with Crippen molar-refractivity contribution in [3.05, 3.63) is 0 Å². The Bertz CT molecular complexity index is 108. The standard InChI is InChI=1S/C9H16/c1-9(2)7-4-3-5-8(9)6-7/h7-8H,3-6H2,1-2H3/t7-,8?/m0/s1. The molecular weight excluding hydrogens is 108 g/mol. The van der Waals surface area contributed by atoms with E-state index in [0.717, 1.165) is 17.3 Å². The van der Waals surface area contributed by atoms with Gasteiger partial charge in [0, 0.05) is 0 Å². The van der Waals surface area contributed by atoms with Crippen LogP contribution in [0.5, 0.6) is 0 Å². The second-order valence-corrected chi connectivity index (χ2v) is 4.38. The molecule has 3 rings (SSSR count). The van der Waals surface area contributed by atoms with E-state index in [1.165, 1.54) is 19.3 Å². The van der Waals surface area contributed by atoms with Gasteiger partial charge in [-0.15, -0.1) is 0 Å². The van der Waals surface area contributed by atoms with E-state index in [1.807, 2.05) is 0 Å². The van der Waals surface area contributed by atoms with Crippen molar-refractivity contribution in [1.29, 1.82) is 0 Å². The third-order valence-corrected chi connectivity index (χ3v) is 3.78. The lowest BCUT2D eigenvalue weighted by molar-refractivity contribution is -0.0646. The fourth-order valence-corrected chi connectivity index (χ4v) is 2.71. The largest absolute Gasteiger partial charge is 0.0594 e. The molecule has 2 bridgehead atoms. The Kier molecular flexibility index (Phi) is 0.980. The van der Waals surface area contributed by atoms with Crippen LogP contribution < -0.4 is 0 Å². The monoisotopic (exact) mass is 124 g/mol. The minimum absolute atomic E-state index is 0.734. The molecule has 0 heterocycles. The maximum absolute atomic E-state index is 2.45. The molecule has 0 saturated heterocycles. The van der Waals surface area contributed by atoms with Crippen molar-refractivity contribution in [2.75, 3.05) is 0 Å². The third kappa shape index (κ3) is 0.595. The Morgan fingerprint density at radius 1 is 1.11 bits per heavy atom. The Labute approximate surface area is 57.6 Å². The zero-order valence-corrected chi connectivity index (χ0v) is 6.48. The van der Waals surface area contributed by atoms with E-state index in [4.69, 9.17) is 0 Å². The maximum Gasteiger partial charge on any atom is -0.0297 e. The lowest BCUT2D eigenvalue weighted by Gasteiger charge is -2.56. The molecule has 0 aromatic rings. The van der Waals surface area contributed by atoms with Crippen LogP contribution in [0.3, 0.4) is 0 Å². The van der Waals surface area contributed by atoms with Gasteiger partial charge < -0.3 is 0 Å². The SMILES string of the molecule is CC1(C)C2CCC[C@H]1C2. The predicted molar refractivity (Wildman–Crippen MR) is 39.2 cm³/mol. The molecule has 0 aromatic carbocycles. The van der Waals surface area contributed by atoms with Gasteiger partial charge in [-0.3, -0.25) is 0 Å². The second kappa shape index (κ2) is 1.53. The smallest absolute Gasteiger partial charge is 0.0297 e. The molecule has 0 aromatic heterocycles. The van der Waals surface area contributed by atoms with E-state index in [1.54, 1.807) is 6.42 Å². The van der Waals surface area contributed by atoms with Gasteiger partial charge in [-0.25, -0.2) is 0 Å². The van der Waals surface area contributed by atoms with Crippen molar-refractivity contribution in [2.24, 2.45) is 17.3 Å². The van der Waals surface area contributed by atoms with Gasteiger partial charge >= 0.3 is 0 Å². The zero-order chi connectivity index (χ0) is 6.48. The normalized spacial score (nSPS) is 46.0. The number of hydrogen-bond acceptors (Lipinski definition) is 0. The van der Waals surface area contributed by atoms with Crippen molar-refractivity contribution in [1.82, 2.24) is 0 Å². The predicted octanol–water partition coefficient (Wildman–Crippen LogP) is 2.83. The van der Waals surface area contributed by atoms with Crippen molar-refractivity contribution >= 4 is 0 Å². The highest BCUT2D eigenvalue weighted by Crippen LogP contribution is 2.58. The summed E-state index contributed by atoms with van der Waals surface area (Å²) in [4.78, 5) is 0. The van der Waals surface area contributed by atoms with Gasteiger partial charge in [-0.1, -0.05) is 20.3 Å². The number of rotatable bonds is 0. The van der Waals surface area contributed by atoms with E-state index in [2.05, 4.69) is 13.8 Å². The van der Waals surface area contributed by atoms with Crippen LogP contribution in [0.2, 0.25) is 0 Å². The zero-order valence-electron chi connectivity index (χ0n) is 6.48. The summed E-state index contributed by atoms with van der Waals surface area (Å²) in [5, 5.41) is 0. The average molecular weight is 124 g/mol. The summed E-state index contributed by atoms with van der Waals surface area (Å²) < 4.78 is 0. The quantitative estimate of drug-likeness (QED) is 0.466. The Morgan fingerprint density at radius 3 is 1.89 bits per heavy atom. The molecule has 9 heavy (non-hydrogen) atoms. The summed E-state index contributed by atoms with van der Waals surface area (Å²) >= 11 is 0. The van der Waals surface area contributed by atoms with Gasteiger partial charge in [0.2, 0.25) is 0 Å². The molecule has 3 fully saturated rings. The van der Waals surface area contributed by atoms with Crippen LogP contribution in [-0.4, -0.2) is 0 Å². The van der Waals surface area contributed by atoms with Crippen LogP contribution in [0, 0.1) is 17.3 Å². The first-order valence-electron chi connectivity index (χ1n) is 4.21. The van der Waals surface area contributed by atoms with Crippen molar-refractivity contribution < 1.29 is 0 Å². The molecule has 0 amide bonds. The van der Waals surface area contributed by atoms with Crippen LogP contribution in [0.15, 0.2) is 0 Å². The number of hydrogen-bond donors (Lipinski definition) is 0. The molecule has 0 heteroatoms. The summed E-state index contributed by atoms with van der Waals surface area (Å²) in [6, 6.07) is 0. The Morgan fingerprint density at radius 2 is 1.67 bits per heavy atom. The molecule has 3 aliphatic rings. The van der Waals surface area contributed by atoms with E-state index < -0.39 is 0 Å². The summed E-state index contributed by atoms with van der Waals surface area (Å²) in [6.45, 7) is 4.90. The highest BCUT2D eigenvalue weighted by Gasteiger charge is 2.49. The van der Waals surface area contributed by atoms with Crippen LogP contribution in [-0.2, 0) is 0 Å². The first-order chi connectivity index (χ1) is 4.21. The molecule has 0 spiro atoms. The third-order valence-electron chi connectivity index (χ3n) is 3.78. The minimum atomic E-state index is 0.734. The minimum Gasteiger partial charge on any atom is -0.0594 e. The summed E-state index contributed by atoms with van der Waals surface area (Å²) in [5.74, 6) is 2.19. The molecule has 2 atom stereocenters. The summed E-state index contributed by atoms with van der Waals surface area (Å²) in [6.07, 6.45) is 6.10. The first kappa shape index (κ1) is 5.76. The average Bonchev–Trinajstić information content (AvgIpc) is 1.89. The van der Waals surface area contributed by atoms with Gasteiger partial charge in [-0.2, -0.15) is 0 Å². The first-order valence-corrected chi connectivity index (χ1v) is 4.21. The molecule has 0 radical (unpaired) electrons. The molecular formula is C9H16. The number of fused-ring (bicyclic) bond motifs is 2. The van der Waals surface area contributed by atoms with Gasteiger partial charge in [0.05, 0.1) is 0 Å². The van der Waals surface area contributed by atoms with Gasteiger partial charge in [0.25, 0.3) is 0 Å². The van der Waals surface area contributed by atoms with Crippen LogP contribution in [0.1, 0.15) is 39.5 Å². The van der Waals surface area contributed by atoms with Gasteiger partial charge in [0.1, 0.15) is 0 Å². The van der Waals surface area contributed by atoms with Crippen molar-refractivity contribution in [2.45, 2.75) is 39.5 Å². The molecule has 1 unspecified atom stereocenters. The maximum atomic E-state index is 2.45. The molecule has 0 nitrogen and oxygen atoms in total. The Balaban J connectivity index is 2.13. The lowest BCUT2D eigenvalue weighted by Crippen LogP contribution is -2.47. The van der Waals surface area contributed by atoms with Gasteiger partial charge in [0.15, 0.2) is 0 Å². The topological polar surface area (TPSA) is 0 Å². The van der Waals surface area contributed by atoms with Gasteiger partial charge in [-0.05, 0) is 36.5 Å². The summed E-state index contributed by atoms with van der Waals surface area (Å²) in [5.41, 5.74) is 0.734. The molecule has 3 saturated carbocycles. The van der Waals surface area contributed by atoms with Crippen LogP contribution >= 0.6 is 0 Å². The highest BCUT2D eigenvalue weighted by atomic mass is 14.5. The molecule has 3 aliphatic carbocycles. The summed E-state index contributed by atoms with van der Waals surface area (Å²) in [7, 11) is 0. The van der Waals surface area contributed by atoms with E-state index in [0.29, 0.717) is 0 Å². The van der Waals surface area contributed by atoms with Crippen molar-refractivity contribution in [3.63, 3.8) is 0 Å². The Hall–Kier alpha value is 0. The second-order valence-electron chi connectivity index (χ2n) is 4.38. The van der Waals surface area contributed by atoms with Crippen molar-refractivity contribution in [3.8, 4) is 0 Å². The fourth-order valence-electron chi connectivity index (χ4n) is 2.71. The fraction of sp³-hybridized carbons (Fsp3) is 1.00. The van der Waals surface area contributed by atoms with E-state index >= 15 is 0 Å². The molecule has 0 aliphatic heterocycles. The molecule has 52 valence electrons. The molecule has 0 N–H and O–H groups in total.